The monoisotopic (exact) mass is 191 g/mol. The van der Waals surface area contributed by atoms with Gasteiger partial charge >= 0.3 is 0 Å². The molecule has 0 fully saturated rings. The largest absolute Gasteiger partial charge is 0.316 e. The van der Waals surface area contributed by atoms with Crippen LogP contribution in [0.3, 0.4) is 0 Å². The molecular weight excluding hydrogens is 170 g/mol. The minimum atomic E-state index is 0.967. The van der Waals surface area contributed by atoms with Crippen molar-refractivity contribution in [3.05, 3.63) is 34.9 Å². The normalized spacial score (nSPS) is 10.5. The number of aryl methyl sites for hydroxylation is 2. The van der Waals surface area contributed by atoms with E-state index in [1.165, 1.54) is 36.0 Å². The molecule has 0 aromatic heterocycles. The number of hydrogen-bond donors (Lipinski definition) is 1. The van der Waals surface area contributed by atoms with Crippen LogP contribution in [-0.4, -0.2) is 7.05 Å². The molecule has 1 aromatic carbocycles. The maximum absolute atomic E-state index is 3.17. The third-order valence-corrected chi connectivity index (χ3v) is 2.59. The van der Waals surface area contributed by atoms with Crippen molar-refractivity contribution in [1.82, 2.24) is 5.32 Å². The van der Waals surface area contributed by atoms with Crippen LogP contribution in [0, 0.1) is 6.92 Å². The van der Waals surface area contributed by atoms with Gasteiger partial charge in [0.05, 0.1) is 0 Å². The lowest BCUT2D eigenvalue weighted by molar-refractivity contribution is 0.786. The first-order valence-corrected chi connectivity index (χ1v) is 5.51. The van der Waals surface area contributed by atoms with E-state index >= 15 is 0 Å². The molecule has 0 saturated carbocycles. The van der Waals surface area contributed by atoms with Crippen LogP contribution in [0.15, 0.2) is 18.2 Å². The van der Waals surface area contributed by atoms with Gasteiger partial charge in [-0.3, -0.25) is 0 Å². The van der Waals surface area contributed by atoms with Gasteiger partial charge in [0.2, 0.25) is 0 Å². The molecule has 0 spiro atoms. The summed E-state index contributed by atoms with van der Waals surface area (Å²) in [5, 5.41) is 3.17. The van der Waals surface area contributed by atoms with E-state index in [9.17, 15) is 0 Å². The highest BCUT2D eigenvalue weighted by Crippen LogP contribution is 2.13. The Morgan fingerprint density at radius 1 is 1.29 bits per heavy atom. The van der Waals surface area contributed by atoms with E-state index in [0.717, 1.165) is 6.54 Å². The summed E-state index contributed by atoms with van der Waals surface area (Å²) in [7, 11) is 1.99. The van der Waals surface area contributed by atoms with Crippen LogP contribution < -0.4 is 5.32 Å². The highest BCUT2D eigenvalue weighted by Gasteiger charge is 1.99. The average molecular weight is 191 g/mol. The third-order valence-electron chi connectivity index (χ3n) is 2.59. The summed E-state index contributed by atoms with van der Waals surface area (Å²) >= 11 is 0. The molecule has 0 amide bonds. The molecule has 0 radical (unpaired) electrons. The lowest BCUT2D eigenvalue weighted by Crippen LogP contribution is -2.05. The first-order chi connectivity index (χ1) is 6.77. The second-order valence-electron chi connectivity index (χ2n) is 3.89. The van der Waals surface area contributed by atoms with Crippen molar-refractivity contribution < 1.29 is 0 Å². The fourth-order valence-corrected chi connectivity index (χ4v) is 1.72. The van der Waals surface area contributed by atoms with Gasteiger partial charge in [-0.1, -0.05) is 31.5 Å². The Bertz CT molecular complexity index is 279. The maximum Gasteiger partial charge on any atom is 0.0202 e. The molecule has 0 unspecified atom stereocenters. The summed E-state index contributed by atoms with van der Waals surface area (Å²) in [6.45, 7) is 5.42. The van der Waals surface area contributed by atoms with Gasteiger partial charge < -0.3 is 5.32 Å². The summed E-state index contributed by atoms with van der Waals surface area (Å²) in [5.41, 5.74) is 4.32. The first-order valence-electron chi connectivity index (χ1n) is 5.51. The minimum absolute atomic E-state index is 0.967. The van der Waals surface area contributed by atoms with Gasteiger partial charge in [-0.05, 0) is 43.5 Å². The smallest absolute Gasteiger partial charge is 0.0202 e. The number of hydrogen-bond acceptors (Lipinski definition) is 1. The fourth-order valence-electron chi connectivity index (χ4n) is 1.72. The lowest BCUT2D eigenvalue weighted by atomic mass is 10.0. The van der Waals surface area contributed by atoms with E-state index in [1.807, 2.05) is 7.05 Å². The van der Waals surface area contributed by atoms with Crippen LogP contribution in [0.4, 0.5) is 0 Å². The molecular formula is C13H21N. The van der Waals surface area contributed by atoms with E-state index in [-0.39, 0.29) is 0 Å². The average Bonchev–Trinajstić information content (AvgIpc) is 2.17. The standard InChI is InChI=1S/C13H21N/c1-4-5-6-13-8-7-12(10-14-3)9-11(13)2/h7-9,14H,4-6,10H2,1-3H3. The molecule has 1 rings (SSSR count). The quantitative estimate of drug-likeness (QED) is 0.754. The highest BCUT2D eigenvalue weighted by atomic mass is 14.8. The predicted octanol–water partition coefficient (Wildman–Crippen LogP) is 3.06. The van der Waals surface area contributed by atoms with Crippen LogP contribution in [0.2, 0.25) is 0 Å². The molecule has 0 aliphatic heterocycles. The Hall–Kier alpha value is -0.820. The van der Waals surface area contributed by atoms with E-state index in [1.54, 1.807) is 0 Å². The Balaban J connectivity index is 2.68. The number of rotatable bonds is 5. The van der Waals surface area contributed by atoms with Gasteiger partial charge in [0, 0.05) is 6.54 Å². The number of nitrogens with one attached hydrogen (secondary N) is 1. The lowest BCUT2D eigenvalue weighted by Gasteiger charge is -2.07. The van der Waals surface area contributed by atoms with Crippen molar-refractivity contribution in [2.24, 2.45) is 0 Å². The van der Waals surface area contributed by atoms with Gasteiger partial charge in [0.15, 0.2) is 0 Å². The minimum Gasteiger partial charge on any atom is -0.316 e. The van der Waals surface area contributed by atoms with E-state index in [4.69, 9.17) is 0 Å². The molecule has 78 valence electrons. The summed E-state index contributed by atoms with van der Waals surface area (Å²) in [6, 6.07) is 6.80. The molecule has 0 saturated heterocycles. The molecule has 0 aliphatic carbocycles. The van der Waals surface area contributed by atoms with Gasteiger partial charge in [0.1, 0.15) is 0 Å². The van der Waals surface area contributed by atoms with E-state index < -0.39 is 0 Å². The van der Waals surface area contributed by atoms with Crippen LogP contribution in [-0.2, 0) is 13.0 Å². The van der Waals surface area contributed by atoms with Gasteiger partial charge in [-0.15, -0.1) is 0 Å². The van der Waals surface area contributed by atoms with Crippen LogP contribution >= 0.6 is 0 Å². The predicted molar refractivity (Wildman–Crippen MR) is 62.6 cm³/mol. The van der Waals surface area contributed by atoms with Gasteiger partial charge in [-0.2, -0.15) is 0 Å². The van der Waals surface area contributed by atoms with Crippen molar-refractivity contribution in [2.45, 2.75) is 39.7 Å². The molecule has 0 bridgehead atoms. The van der Waals surface area contributed by atoms with Gasteiger partial charge in [0.25, 0.3) is 0 Å². The van der Waals surface area contributed by atoms with Gasteiger partial charge in [-0.25, -0.2) is 0 Å². The van der Waals surface area contributed by atoms with E-state index in [0.29, 0.717) is 0 Å². The van der Waals surface area contributed by atoms with Crippen LogP contribution in [0.1, 0.15) is 36.5 Å². The summed E-state index contributed by atoms with van der Waals surface area (Å²) in [6.07, 6.45) is 3.80. The molecule has 14 heavy (non-hydrogen) atoms. The maximum atomic E-state index is 3.17. The highest BCUT2D eigenvalue weighted by molar-refractivity contribution is 5.31. The van der Waals surface area contributed by atoms with Crippen molar-refractivity contribution in [3.8, 4) is 0 Å². The second kappa shape index (κ2) is 5.82. The molecule has 1 heteroatoms. The van der Waals surface area contributed by atoms with Crippen molar-refractivity contribution in [3.63, 3.8) is 0 Å². The van der Waals surface area contributed by atoms with Crippen molar-refractivity contribution >= 4 is 0 Å². The summed E-state index contributed by atoms with van der Waals surface area (Å²) in [5.74, 6) is 0. The molecule has 1 aromatic rings. The molecule has 0 atom stereocenters. The molecule has 1 N–H and O–H groups in total. The Morgan fingerprint density at radius 2 is 2.07 bits per heavy atom. The van der Waals surface area contributed by atoms with Crippen molar-refractivity contribution in [1.29, 1.82) is 0 Å². The zero-order valence-corrected chi connectivity index (χ0v) is 9.56. The number of unbranched alkanes of at least 4 members (excludes halogenated alkanes) is 1. The summed E-state index contributed by atoms with van der Waals surface area (Å²) in [4.78, 5) is 0. The zero-order valence-electron chi connectivity index (χ0n) is 9.56. The Kier molecular flexibility index (Phi) is 4.68. The van der Waals surface area contributed by atoms with Crippen LogP contribution in [0.5, 0.6) is 0 Å². The summed E-state index contributed by atoms with van der Waals surface area (Å²) < 4.78 is 0. The molecule has 0 heterocycles. The van der Waals surface area contributed by atoms with Crippen molar-refractivity contribution in [2.75, 3.05) is 7.05 Å². The SMILES string of the molecule is CCCCc1ccc(CNC)cc1C. The Labute approximate surface area is 87.5 Å². The third kappa shape index (κ3) is 3.15. The first kappa shape index (κ1) is 11.3. The fraction of sp³-hybridized carbons (Fsp3) is 0.538. The second-order valence-corrected chi connectivity index (χ2v) is 3.89. The molecule has 0 aliphatic rings. The number of benzene rings is 1. The van der Waals surface area contributed by atoms with E-state index in [2.05, 4.69) is 37.4 Å². The van der Waals surface area contributed by atoms with Crippen LogP contribution in [0.25, 0.3) is 0 Å². The zero-order chi connectivity index (χ0) is 10.4. The molecule has 1 nitrogen and oxygen atoms in total. The Morgan fingerprint density at radius 3 is 2.64 bits per heavy atom. The topological polar surface area (TPSA) is 12.0 Å².